The number of ether oxygens (including phenoxy) is 1. The maximum atomic E-state index is 12.2. The Labute approximate surface area is 203 Å². The van der Waals surface area contributed by atoms with Crippen LogP contribution in [-0.2, 0) is 23.8 Å². The van der Waals surface area contributed by atoms with Crippen molar-refractivity contribution < 1.29 is 14.6 Å². The van der Waals surface area contributed by atoms with Crippen molar-refractivity contribution >= 4 is 5.91 Å². The van der Waals surface area contributed by atoms with Crippen LogP contribution in [0.25, 0.3) is 11.3 Å². The molecule has 0 fully saturated rings. The van der Waals surface area contributed by atoms with E-state index in [0.29, 0.717) is 17.9 Å². The molecule has 0 saturated heterocycles. The lowest BCUT2D eigenvalue weighted by Gasteiger charge is -2.28. The lowest BCUT2D eigenvalue weighted by Crippen LogP contribution is -2.17. The summed E-state index contributed by atoms with van der Waals surface area (Å²) in [5, 5.41) is 11.2. The number of nitrogens with zero attached hydrogens (tertiary/aromatic N) is 1. The van der Waals surface area contributed by atoms with Crippen LogP contribution in [0.2, 0.25) is 0 Å². The van der Waals surface area contributed by atoms with E-state index in [1.54, 1.807) is 7.11 Å². The predicted octanol–water partition coefficient (Wildman–Crippen LogP) is 6.11. The van der Waals surface area contributed by atoms with Gasteiger partial charge in [-0.2, -0.15) is 0 Å². The van der Waals surface area contributed by atoms with Gasteiger partial charge in [-0.3, -0.25) is 4.79 Å². The fourth-order valence-corrected chi connectivity index (χ4v) is 4.49. The van der Waals surface area contributed by atoms with Gasteiger partial charge in [0.05, 0.1) is 12.7 Å². The molecule has 5 heteroatoms. The van der Waals surface area contributed by atoms with Gasteiger partial charge in [-0.25, -0.2) is 0 Å². The number of amides is 1. The summed E-state index contributed by atoms with van der Waals surface area (Å²) in [6, 6.07) is 13.9. The first-order valence-electron chi connectivity index (χ1n) is 11.8. The molecule has 0 aliphatic heterocycles. The Morgan fingerprint density at radius 1 is 1.00 bits per heavy atom. The molecule has 3 rings (SSSR count). The fraction of sp³-hybridized carbons (Fsp3) is 0.414. The van der Waals surface area contributed by atoms with Crippen LogP contribution in [0.1, 0.15) is 74.3 Å². The number of carbonyl (C=O) groups is 1. The van der Waals surface area contributed by atoms with Crippen molar-refractivity contribution in [2.24, 2.45) is 5.73 Å². The Hall–Kier alpha value is -3.21. The molecule has 3 aromatic rings. The molecule has 0 saturated carbocycles. The van der Waals surface area contributed by atoms with E-state index < -0.39 is 5.91 Å². The average Bonchev–Trinajstić information content (AvgIpc) is 3.07. The van der Waals surface area contributed by atoms with Crippen LogP contribution >= 0.6 is 0 Å². The smallest absolute Gasteiger partial charge is 0.250 e. The van der Waals surface area contributed by atoms with Gasteiger partial charge in [-0.15, -0.1) is 0 Å². The highest BCUT2D eigenvalue weighted by molar-refractivity contribution is 5.95. The summed E-state index contributed by atoms with van der Waals surface area (Å²) < 4.78 is 7.68. The van der Waals surface area contributed by atoms with Gasteiger partial charge in [-0.05, 0) is 59.6 Å². The van der Waals surface area contributed by atoms with Gasteiger partial charge in [-0.1, -0.05) is 59.7 Å². The highest BCUT2D eigenvalue weighted by atomic mass is 16.5. The first kappa shape index (κ1) is 25.4. The minimum Gasteiger partial charge on any atom is -0.507 e. The van der Waals surface area contributed by atoms with E-state index in [4.69, 9.17) is 10.5 Å². The number of phenols is 1. The van der Waals surface area contributed by atoms with Gasteiger partial charge in [0.1, 0.15) is 11.5 Å². The molecule has 0 radical (unpaired) electrons. The molecule has 0 aliphatic rings. The summed E-state index contributed by atoms with van der Waals surface area (Å²) in [6.07, 6.45) is 0.737. The van der Waals surface area contributed by atoms with E-state index in [1.807, 2.05) is 43.3 Å². The van der Waals surface area contributed by atoms with Gasteiger partial charge in [0.25, 0.3) is 5.91 Å². The van der Waals surface area contributed by atoms with E-state index in [0.717, 1.165) is 45.8 Å². The van der Waals surface area contributed by atoms with E-state index in [2.05, 4.69) is 52.2 Å². The summed E-state index contributed by atoms with van der Waals surface area (Å²) in [7, 11) is 1.68. The molecule has 1 heterocycles. The first-order valence-corrected chi connectivity index (χ1v) is 11.8. The Morgan fingerprint density at radius 3 is 2.06 bits per heavy atom. The lowest BCUT2D eigenvalue weighted by molar-refractivity contribution is 0.0999. The molecule has 2 aromatic carbocycles. The Balaban J connectivity index is 2.21. The zero-order valence-electron chi connectivity index (χ0n) is 21.7. The SMILES string of the molecule is COc1ccccc1CCn1c(-c2cc(C(C)(C)C)c(O)c(C(C)(C)C)c2)cc(C(N)=O)c1C. The van der Waals surface area contributed by atoms with Gasteiger partial charge in [0.2, 0.25) is 0 Å². The molecule has 0 spiro atoms. The monoisotopic (exact) mass is 462 g/mol. The Bertz CT molecular complexity index is 1170. The molecule has 0 bridgehead atoms. The molecule has 182 valence electrons. The predicted molar refractivity (Wildman–Crippen MR) is 139 cm³/mol. The number of aromatic hydroxyl groups is 1. The minimum atomic E-state index is -0.444. The number of methoxy groups -OCH3 is 1. The number of hydrogen-bond acceptors (Lipinski definition) is 3. The molecular formula is C29H38N2O3. The first-order chi connectivity index (χ1) is 15.8. The number of phenolic OH excluding ortho intramolecular Hbond substituents is 1. The second kappa shape index (κ2) is 9.21. The maximum Gasteiger partial charge on any atom is 0.250 e. The number of para-hydroxylation sites is 1. The third-order valence-electron chi connectivity index (χ3n) is 6.45. The summed E-state index contributed by atoms with van der Waals surface area (Å²) in [4.78, 5) is 12.2. The molecule has 0 unspecified atom stereocenters. The molecule has 3 N–H and O–H groups in total. The zero-order valence-corrected chi connectivity index (χ0v) is 21.7. The summed E-state index contributed by atoms with van der Waals surface area (Å²) >= 11 is 0. The van der Waals surface area contributed by atoms with Crippen molar-refractivity contribution in [3.63, 3.8) is 0 Å². The molecule has 34 heavy (non-hydrogen) atoms. The number of aryl methyl sites for hydroxylation is 1. The maximum absolute atomic E-state index is 12.2. The van der Waals surface area contributed by atoms with E-state index >= 15 is 0 Å². The molecule has 0 aliphatic carbocycles. The molecule has 1 amide bonds. The van der Waals surface area contributed by atoms with Crippen molar-refractivity contribution in [3.05, 3.63) is 70.4 Å². The second-order valence-corrected chi connectivity index (χ2v) is 11.0. The van der Waals surface area contributed by atoms with E-state index in [1.165, 1.54) is 0 Å². The highest BCUT2D eigenvalue weighted by Crippen LogP contribution is 2.42. The van der Waals surface area contributed by atoms with Gasteiger partial charge < -0.3 is 20.1 Å². The van der Waals surface area contributed by atoms with Crippen LogP contribution in [-0.4, -0.2) is 22.7 Å². The quantitative estimate of drug-likeness (QED) is 0.464. The van der Waals surface area contributed by atoms with Gasteiger partial charge in [0, 0.05) is 29.1 Å². The van der Waals surface area contributed by atoms with E-state index in [9.17, 15) is 9.90 Å². The normalized spacial score (nSPS) is 12.1. The van der Waals surface area contributed by atoms with Crippen LogP contribution in [0.4, 0.5) is 0 Å². The third-order valence-corrected chi connectivity index (χ3v) is 6.45. The van der Waals surface area contributed by atoms with Crippen molar-refractivity contribution in [1.82, 2.24) is 4.57 Å². The number of rotatable bonds is 6. The van der Waals surface area contributed by atoms with Crippen LogP contribution in [0.3, 0.4) is 0 Å². The Morgan fingerprint density at radius 2 is 1.56 bits per heavy atom. The van der Waals surface area contributed by atoms with Crippen molar-refractivity contribution in [2.75, 3.05) is 7.11 Å². The molecule has 1 aromatic heterocycles. The highest BCUT2D eigenvalue weighted by Gasteiger charge is 2.28. The minimum absolute atomic E-state index is 0.253. The summed E-state index contributed by atoms with van der Waals surface area (Å²) in [6.45, 7) is 15.2. The van der Waals surface area contributed by atoms with Crippen molar-refractivity contribution in [2.45, 2.75) is 72.3 Å². The average molecular weight is 463 g/mol. The summed E-state index contributed by atoms with van der Waals surface area (Å²) in [5.74, 6) is 0.738. The number of carbonyl (C=O) groups excluding carboxylic acids is 1. The van der Waals surface area contributed by atoms with Gasteiger partial charge >= 0.3 is 0 Å². The second-order valence-electron chi connectivity index (χ2n) is 11.0. The van der Waals surface area contributed by atoms with E-state index in [-0.39, 0.29) is 10.8 Å². The fourth-order valence-electron chi connectivity index (χ4n) is 4.49. The zero-order chi connectivity index (χ0) is 25.4. The van der Waals surface area contributed by atoms with Crippen LogP contribution in [0.15, 0.2) is 42.5 Å². The van der Waals surface area contributed by atoms with Crippen molar-refractivity contribution in [1.29, 1.82) is 0 Å². The number of hydrogen-bond donors (Lipinski definition) is 2. The molecule has 5 nitrogen and oxygen atoms in total. The standard InChI is InChI=1S/C29H38N2O3/c1-18-21(27(30)33)17-24(31(18)14-13-19-11-9-10-12-25(19)34-8)20-15-22(28(2,3)4)26(32)23(16-20)29(5,6)7/h9-12,15-17,32H,13-14H2,1-8H3,(H2,30,33). The largest absolute Gasteiger partial charge is 0.507 e. The molecule has 0 atom stereocenters. The van der Waals surface area contributed by atoms with Crippen LogP contribution in [0, 0.1) is 6.92 Å². The number of primary amides is 1. The number of aromatic nitrogens is 1. The van der Waals surface area contributed by atoms with Crippen LogP contribution < -0.4 is 10.5 Å². The topological polar surface area (TPSA) is 77.5 Å². The van der Waals surface area contributed by atoms with Gasteiger partial charge in [0.15, 0.2) is 0 Å². The molecular weight excluding hydrogens is 424 g/mol. The summed E-state index contributed by atoms with van der Waals surface area (Å²) in [5.41, 5.74) is 11.3. The lowest BCUT2D eigenvalue weighted by atomic mass is 9.78. The van der Waals surface area contributed by atoms with Crippen LogP contribution in [0.5, 0.6) is 11.5 Å². The number of benzene rings is 2. The van der Waals surface area contributed by atoms with Crippen molar-refractivity contribution in [3.8, 4) is 22.8 Å². The number of nitrogens with two attached hydrogens (primary N) is 1. The third kappa shape index (κ3) is 4.98. The Kier molecular flexibility index (Phi) is 6.88.